The van der Waals surface area contributed by atoms with Crippen molar-refractivity contribution in [1.82, 2.24) is 5.32 Å². The van der Waals surface area contributed by atoms with Gasteiger partial charge < -0.3 is 10.1 Å². The number of nitrogens with one attached hydrogen (secondary N) is 1. The Morgan fingerprint density at radius 1 is 1.17 bits per heavy atom. The fourth-order valence-corrected chi connectivity index (χ4v) is 2.08. The van der Waals surface area contributed by atoms with Crippen molar-refractivity contribution in [3.8, 4) is 5.75 Å². The zero-order valence-corrected chi connectivity index (χ0v) is 11.2. The van der Waals surface area contributed by atoms with Gasteiger partial charge in [-0.05, 0) is 37.0 Å². The molecule has 0 aliphatic heterocycles. The van der Waals surface area contributed by atoms with E-state index < -0.39 is 0 Å². The number of rotatable bonds is 7. The highest BCUT2D eigenvalue weighted by Gasteiger charge is 2.08. The van der Waals surface area contributed by atoms with Crippen LogP contribution in [-0.2, 0) is 6.54 Å². The van der Waals surface area contributed by atoms with Gasteiger partial charge in [0.1, 0.15) is 5.75 Å². The van der Waals surface area contributed by atoms with Crippen molar-refractivity contribution < 1.29 is 4.74 Å². The van der Waals surface area contributed by atoms with Gasteiger partial charge >= 0.3 is 0 Å². The second-order valence-corrected chi connectivity index (χ2v) is 4.87. The van der Waals surface area contributed by atoms with E-state index >= 15 is 0 Å². The molecule has 0 radical (unpaired) electrons. The van der Waals surface area contributed by atoms with E-state index in [1.165, 1.54) is 12.0 Å². The van der Waals surface area contributed by atoms with Crippen molar-refractivity contribution in [3.05, 3.63) is 42.0 Å². The Morgan fingerprint density at radius 3 is 2.56 bits per heavy atom. The number of unbranched alkanes of at least 4 members (excludes halogenated alkanes) is 1. The average molecular weight is 245 g/mol. The van der Waals surface area contributed by atoms with Crippen molar-refractivity contribution in [2.75, 3.05) is 6.61 Å². The standard InChI is InChI=1S/C16H23NO/c1-2-3-12-18-16-10-8-14(9-11-16)13-17-15-6-4-5-7-15/h4-5,8-11,15,17H,2-3,6-7,12-13H2,1H3. The van der Waals surface area contributed by atoms with Gasteiger partial charge in [-0.15, -0.1) is 0 Å². The summed E-state index contributed by atoms with van der Waals surface area (Å²) in [6, 6.07) is 9.07. The molecule has 0 spiro atoms. The molecule has 1 aromatic rings. The molecule has 0 amide bonds. The van der Waals surface area contributed by atoms with E-state index in [-0.39, 0.29) is 0 Å². The third kappa shape index (κ3) is 4.19. The normalized spacial score (nSPS) is 15.2. The third-order valence-electron chi connectivity index (χ3n) is 3.29. The summed E-state index contributed by atoms with van der Waals surface area (Å²) in [7, 11) is 0. The molecule has 0 bridgehead atoms. The Labute approximate surface area is 110 Å². The molecule has 1 aliphatic carbocycles. The van der Waals surface area contributed by atoms with Crippen molar-refractivity contribution in [3.63, 3.8) is 0 Å². The molecule has 0 fully saturated rings. The Bertz CT molecular complexity index is 361. The van der Waals surface area contributed by atoms with Crippen LogP contribution in [0.1, 0.15) is 38.2 Å². The first-order valence-electron chi connectivity index (χ1n) is 6.98. The molecule has 0 unspecified atom stereocenters. The molecule has 0 aromatic heterocycles. The second-order valence-electron chi connectivity index (χ2n) is 4.87. The topological polar surface area (TPSA) is 21.3 Å². The largest absolute Gasteiger partial charge is 0.494 e. The number of benzene rings is 1. The average Bonchev–Trinajstić information content (AvgIpc) is 2.91. The maximum atomic E-state index is 5.65. The van der Waals surface area contributed by atoms with Crippen molar-refractivity contribution in [1.29, 1.82) is 0 Å². The van der Waals surface area contributed by atoms with E-state index in [2.05, 4.69) is 48.7 Å². The molecule has 0 saturated carbocycles. The lowest BCUT2D eigenvalue weighted by Crippen LogP contribution is -2.25. The van der Waals surface area contributed by atoms with Crippen molar-refractivity contribution in [2.45, 2.75) is 45.2 Å². The van der Waals surface area contributed by atoms with Crippen LogP contribution in [0, 0.1) is 0 Å². The van der Waals surface area contributed by atoms with Gasteiger partial charge in [0.2, 0.25) is 0 Å². The van der Waals surface area contributed by atoms with Crippen LogP contribution < -0.4 is 10.1 Å². The minimum Gasteiger partial charge on any atom is -0.494 e. The Morgan fingerprint density at radius 2 is 1.89 bits per heavy atom. The van der Waals surface area contributed by atoms with Crippen LogP contribution in [0.5, 0.6) is 5.75 Å². The zero-order valence-electron chi connectivity index (χ0n) is 11.2. The summed E-state index contributed by atoms with van der Waals surface area (Å²) in [4.78, 5) is 0. The van der Waals surface area contributed by atoms with Gasteiger partial charge in [-0.1, -0.05) is 37.6 Å². The molecule has 0 atom stereocenters. The van der Waals surface area contributed by atoms with Gasteiger partial charge in [-0.3, -0.25) is 0 Å². The second kappa shape index (κ2) is 7.22. The van der Waals surface area contributed by atoms with Gasteiger partial charge in [0.05, 0.1) is 6.61 Å². The van der Waals surface area contributed by atoms with Gasteiger partial charge in [-0.2, -0.15) is 0 Å². The van der Waals surface area contributed by atoms with Crippen LogP contribution >= 0.6 is 0 Å². The van der Waals surface area contributed by atoms with Crippen molar-refractivity contribution >= 4 is 0 Å². The van der Waals surface area contributed by atoms with E-state index in [1.807, 2.05) is 0 Å². The maximum Gasteiger partial charge on any atom is 0.119 e. The lowest BCUT2D eigenvalue weighted by molar-refractivity contribution is 0.309. The Kier molecular flexibility index (Phi) is 5.28. The molecule has 0 heterocycles. The molecule has 1 N–H and O–H groups in total. The van der Waals surface area contributed by atoms with Crippen LogP contribution in [0.4, 0.5) is 0 Å². The summed E-state index contributed by atoms with van der Waals surface area (Å²) in [6.07, 6.45) is 9.14. The molecule has 18 heavy (non-hydrogen) atoms. The van der Waals surface area contributed by atoms with Crippen LogP contribution in [-0.4, -0.2) is 12.6 Å². The molecule has 0 saturated heterocycles. The van der Waals surface area contributed by atoms with E-state index in [4.69, 9.17) is 4.74 Å². The minimum atomic E-state index is 0.630. The molecule has 1 aromatic carbocycles. The highest BCUT2D eigenvalue weighted by Crippen LogP contribution is 2.14. The minimum absolute atomic E-state index is 0.630. The fraction of sp³-hybridized carbons (Fsp3) is 0.500. The van der Waals surface area contributed by atoms with Crippen LogP contribution in [0.15, 0.2) is 36.4 Å². The maximum absolute atomic E-state index is 5.65. The Hall–Kier alpha value is -1.28. The quantitative estimate of drug-likeness (QED) is 0.584. The van der Waals surface area contributed by atoms with Gasteiger partial charge in [0, 0.05) is 12.6 Å². The fourth-order valence-electron chi connectivity index (χ4n) is 2.08. The lowest BCUT2D eigenvalue weighted by Gasteiger charge is -2.12. The number of hydrogen-bond donors (Lipinski definition) is 1. The zero-order chi connectivity index (χ0) is 12.6. The highest BCUT2D eigenvalue weighted by atomic mass is 16.5. The first-order valence-corrected chi connectivity index (χ1v) is 6.98. The molecule has 2 heteroatoms. The SMILES string of the molecule is CCCCOc1ccc(CNC2CC=CC2)cc1. The summed E-state index contributed by atoms with van der Waals surface area (Å²) >= 11 is 0. The predicted molar refractivity (Wildman–Crippen MR) is 75.8 cm³/mol. The summed E-state index contributed by atoms with van der Waals surface area (Å²) in [6.45, 7) is 3.94. The van der Waals surface area contributed by atoms with E-state index in [9.17, 15) is 0 Å². The van der Waals surface area contributed by atoms with Crippen LogP contribution in [0.25, 0.3) is 0 Å². The molecular formula is C16H23NO. The van der Waals surface area contributed by atoms with Crippen molar-refractivity contribution in [2.24, 2.45) is 0 Å². The van der Waals surface area contributed by atoms with E-state index in [0.29, 0.717) is 6.04 Å². The monoisotopic (exact) mass is 245 g/mol. The lowest BCUT2D eigenvalue weighted by atomic mass is 10.2. The third-order valence-corrected chi connectivity index (χ3v) is 3.29. The Balaban J connectivity index is 1.72. The predicted octanol–water partition coefficient (Wildman–Crippen LogP) is 3.67. The smallest absolute Gasteiger partial charge is 0.119 e. The van der Waals surface area contributed by atoms with Crippen LogP contribution in [0.2, 0.25) is 0 Å². The van der Waals surface area contributed by atoms with E-state index in [1.54, 1.807) is 0 Å². The van der Waals surface area contributed by atoms with Gasteiger partial charge in [0.15, 0.2) is 0 Å². The first-order chi connectivity index (χ1) is 8.88. The molecule has 98 valence electrons. The number of ether oxygens (including phenoxy) is 1. The molecular weight excluding hydrogens is 222 g/mol. The van der Waals surface area contributed by atoms with Gasteiger partial charge in [-0.25, -0.2) is 0 Å². The molecule has 2 rings (SSSR count). The van der Waals surface area contributed by atoms with E-state index in [0.717, 1.165) is 38.2 Å². The summed E-state index contributed by atoms with van der Waals surface area (Å²) in [5.41, 5.74) is 1.32. The van der Waals surface area contributed by atoms with Gasteiger partial charge in [0.25, 0.3) is 0 Å². The number of hydrogen-bond acceptors (Lipinski definition) is 2. The molecule has 1 aliphatic rings. The molecule has 2 nitrogen and oxygen atoms in total. The van der Waals surface area contributed by atoms with Crippen LogP contribution in [0.3, 0.4) is 0 Å². The summed E-state index contributed by atoms with van der Waals surface area (Å²) in [5.74, 6) is 0.981. The summed E-state index contributed by atoms with van der Waals surface area (Å²) in [5, 5.41) is 3.57. The highest BCUT2D eigenvalue weighted by molar-refractivity contribution is 5.27. The first kappa shape index (κ1) is 13.2. The summed E-state index contributed by atoms with van der Waals surface area (Å²) < 4.78 is 5.65.